The van der Waals surface area contributed by atoms with E-state index in [0.717, 1.165) is 23.9 Å². The maximum Gasteiger partial charge on any atom is 0.0247 e. The molecule has 0 amide bonds. The van der Waals surface area contributed by atoms with E-state index in [1.54, 1.807) is 0 Å². The minimum absolute atomic E-state index is 0.522. The Morgan fingerprint density at radius 2 is 1.00 bits per heavy atom. The summed E-state index contributed by atoms with van der Waals surface area (Å²) in [6, 6.07) is 2.10. The van der Waals surface area contributed by atoms with Crippen LogP contribution in [0.4, 0.5) is 0 Å². The highest BCUT2D eigenvalue weighted by molar-refractivity contribution is 4.91. The molecular formula is C34H68N2. The van der Waals surface area contributed by atoms with Crippen LogP contribution in [0, 0.1) is 22.7 Å². The number of unbranched alkanes of at least 4 members (excludes halogenated alkanes) is 5. The van der Waals surface area contributed by atoms with Crippen molar-refractivity contribution in [3.63, 3.8) is 0 Å². The third-order valence-electron chi connectivity index (χ3n) is 10.6. The molecule has 0 spiro atoms. The number of hydrogen-bond donors (Lipinski definition) is 1. The Morgan fingerprint density at radius 3 is 1.36 bits per heavy atom. The van der Waals surface area contributed by atoms with Gasteiger partial charge < -0.3 is 0 Å². The molecule has 36 heavy (non-hydrogen) atoms. The van der Waals surface area contributed by atoms with Crippen LogP contribution in [0.15, 0.2) is 0 Å². The average Bonchev–Trinajstić information content (AvgIpc) is 2.86. The van der Waals surface area contributed by atoms with E-state index in [2.05, 4.69) is 65.8 Å². The van der Waals surface area contributed by atoms with Gasteiger partial charge in [0.05, 0.1) is 0 Å². The second kappa shape index (κ2) is 16.1. The zero-order valence-electron chi connectivity index (χ0n) is 26.3. The lowest BCUT2D eigenvalue weighted by molar-refractivity contribution is -0.0174. The molecule has 2 aliphatic carbocycles. The molecule has 2 rings (SSSR count). The average molecular weight is 505 g/mol. The topological polar surface area (TPSA) is 15.3 Å². The Labute approximate surface area is 228 Å². The lowest BCUT2D eigenvalue weighted by Crippen LogP contribution is -2.56. The van der Waals surface area contributed by atoms with Gasteiger partial charge in [-0.3, -0.25) is 5.43 Å². The fourth-order valence-electron chi connectivity index (χ4n) is 7.68. The van der Waals surface area contributed by atoms with Gasteiger partial charge >= 0.3 is 0 Å². The first-order valence-electron chi connectivity index (χ1n) is 16.7. The summed E-state index contributed by atoms with van der Waals surface area (Å²) in [7, 11) is 0. The molecule has 0 aromatic heterocycles. The summed E-state index contributed by atoms with van der Waals surface area (Å²) in [5.41, 5.74) is 5.16. The summed E-state index contributed by atoms with van der Waals surface area (Å²) >= 11 is 0. The maximum atomic E-state index is 4.12. The number of nitrogens with one attached hydrogen (secondary N) is 1. The van der Waals surface area contributed by atoms with Crippen LogP contribution in [0.25, 0.3) is 0 Å². The predicted molar refractivity (Wildman–Crippen MR) is 161 cm³/mol. The summed E-state index contributed by atoms with van der Waals surface area (Å²) in [5.74, 6) is 1.84. The normalized spacial score (nSPS) is 26.9. The molecule has 214 valence electrons. The largest absolute Gasteiger partial charge is 0.252 e. The van der Waals surface area contributed by atoms with Gasteiger partial charge in [0, 0.05) is 18.1 Å². The standard InChI is InChI=1S/C34H68N2/c1-9-12-15-26-33(5,6)29-18-22-31(23-19-29)36(35-28(4)17-14-11-3)32-24-20-30(21-25-32)34(7,8)27-16-13-10-2/h28-32,35H,9-27H2,1-8H3. The summed E-state index contributed by atoms with van der Waals surface area (Å²) in [4.78, 5) is 0. The zero-order chi connectivity index (χ0) is 26.6. The van der Waals surface area contributed by atoms with Gasteiger partial charge in [-0.2, -0.15) is 0 Å². The first-order chi connectivity index (χ1) is 17.1. The summed E-state index contributed by atoms with van der Waals surface area (Å²) < 4.78 is 0. The molecule has 0 bridgehead atoms. The van der Waals surface area contributed by atoms with Crippen molar-refractivity contribution in [1.82, 2.24) is 10.4 Å². The predicted octanol–water partition coefficient (Wildman–Crippen LogP) is 10.7. The smallest absolute Gasteiger partial charge is 0.0247 e. The highest BCUT2D eigenvalue weighted by Crippen LogP contribution is 2.45. The Bertz CT molecular complexity index is 510. The molecule has 0 aliphatic heterocycles. The van der Waals surface area contributed by atoms with Gasteiger partial charge in [-0.15, -0.1) is 0 Å². The molecule has 0 radical (unpaired) electrons. The fourth-order valence-corrected chi connectivity index (χ4v) is 7.68. The van der Waals surface area contributed by atoms with E-state index < -0.39 is 0 Å². The van der Waals surface area contributed by atoms with Crippen molar-refractivity contribution in [3.8, 4) is 0 Å². The summed E-state index contributed by atoms with van der Waals surface area (Å²) in [5, 5.41) is 2.85. The van der Waals surface area contributed by atoms with Crippen molar-refractivity contribution >= 4 is 0 Å². The van der Waals surface area contributed by atoms with Gasteiger partial charge in [0.2, 0.25) is 0 Å². The first-order valence-corrected chi connectivity index (χ1v) is 16.7. The second-order valence-electron chi connectivity index (χ2n) is 14.5. The van der Waals surface area contributed by atoms with Gasteiger partial charge in [0.1, 0.15) is 0 Å². The molecule has 1 N–H and O–H groups in total. The fraction of sp³-hybridized carbons (Fsp3) is 1.00. The molecule has 0 saturated heterocycles. The molecular weight excluding hydrogens is 436 g/mol. The lowest BCUT2D eigenvalue weighted by atomic mass is 9.66. The third kappa shape index (κ3) is 10.2. The van der Waals surface area contributed by atoms with Crippen molar-refractivity contribution in [2.45, 2.75) is 196 Å². The molecule has 0 aromatic carbocycles. The highest BCUT2D eigenvalue weighted by Gasteiger charge is 2.39. The Kier molecular flexibility index (Phi) is 14.4. The molecule has 2 aliphatic rings. The molecule has 0 heterocycles. The Hall–Kier alpha value is -0.0800. The van der Waals surface area contributed by atoms with Crippen molar-refractivity contribution in [1.29, 1.82) is 0 Å². The van der Waals surface area contributed by atoms with Crippen molar-refractivity contribution < 1.29 is 0 Å². The molecule has 1 atom stereocenters. The Balaban J connectivity index is 1.97. The third-order valence-corrected chi connectivity index (χ3v) is 10.6. The van der Waals surface area contributed by atoms with Crippen LogP contribution in [0.5, 0.6) is 0 Å². The Morgan fingerprint density at radius 1 is 0.611 bits per heavy atom. The van der Waals surface area contributed by atoms with E-state index in [4.69, 9.17) is 0 Å². The van der Waals surface area contributed by atoms with Crippen LogP contribution in [-0.2, 0) is 0 Å². The van der Waals surface area contributed by atoms with E-state index in [1.807, 2.05) is 0 Å². The maximum absolute atomic E-state index is 4.12. The summed E-state index contributed by atoms with van der Waals surface area (Å²) in [6.45, 7) is 19.7. The number of rotatable bonds is 17. The van der Waals surface area contributed by atoms with Gasteiger partial charge in [-0.05, 0) is 100 Å². The minimum atomic E-state index is 0.522. The molecule has 2 fully saturated rings. The van der Waals surface area contributed by atoms with Crippen LogP contribution in [0.1, 0.15) is 177 Å². The van der Waals surface area contributed by atoms with E-state index in [0.29, 0.717) is 16.9 Å². The zero-order valence-corrected chi connectivity index (χ0v) is 26.3. The van der Waals surface area contributed by atoms with Crippen LogP contribution >= 0.6 is 0 Å². The van der Waals surface area contributed by atoms with Gasteiger partial charge in [0.25, 0.3) is 0 Å². The van der Waals surface area contributed by atoms with Crippen LogP contribution in [0.3, 0.4) is 0 Å². The summed E-state index contributed by atoms with van der Waals surface area (Å²) in [6.07, 6.45) is 26.5. The molecule has 2 heteroatoms. The molecule has 2 saturated carbocycles. The number of hydrazine groups is 1. The first kappa shape index (κ1) is 32.1. The van der Waals surface area contributed by atoms with Crippen LogP contribution in [-0.4, -0.2) is 23.1 Å². The van der Waals surface area contributed by atoms with Gasteiger partial charge in [-0.1, -0.05) is 99.8 Å². The van der Waals surface area contributed by atoms with Crippen LogP contribution < -0.4 is 5.43 Å². The quantitative estimate of drug-likeness (QED) is 0.156. The minimum Gasteiger partial charge on any atom is -0.252 e. The van der Waals surface area contributed by atoms with Crippen molar-refractivity contribution in [2.24, 2.45) is 22.7 Å². The van der Waals surface area contributed by atoms with E-state index in [9.17, 15) is 0 Å². The number of nitrogens with zero attached hydrogens (tertiary/aromatic N) is 1. The molecule has 1 unspecified atom stereocenters. The monoisotopic (exact) mass is 505 g/mol. The van der Waals surface area contributed by atoms with Crippen molar-refractivity contribution in [3.05, 3.63) is 0 Å². The van der Waals surface area contributed by atoms with Gasteiger partial charge in [-0.25, -0.2) is 5.01 Å². The van der Waals surface area contributed by atoms with E-state index >= 15 is 0 Å². The van der Waals surface area contributed by atoms with Crippen LogP contribution in [0.2, 0.25) is 0 Å². The van der Waals surface area contributed by atoms with E-state index in [-0.39, 0.29) is 0 Å². The number of hydrogen-bond acceptors (Lipinski definition) is 2. The molecule has 0 aromatic rings. The SMILES string of the molecule is CCCCCC(C)(C)C1CCC(N(NC(C)CCCC)C2CCC(C(C)(C)CCCCC)CC2)CC1. The molecule has 2 nitrogen and oxygen atoms in total. The second-order valence-corrected chi connectivity index (χ2v) is 14.5. The lowest BCUT2D eigenvalue weighted by Gasteiger charge is -2.48. The van der Waals surface area contributed by atoms with Gasteiger partial charge in [0.15, 0.2) is 0 Å². The van der Waals surface area contributed by atoms with E-state index in [1.165, 1.54) is 122 Å². The van der Waals surface area contributed by atoms with Crippen molar-refractivity contribution in [2.75, 3.05) is 0 Å². The highest BCUT2D eigenvalue weighted by atomic mass is 15.5.